The summed E-state index contributed by atoms with van der Waals surface area (Å²) in [6.07, 6.45) is 3.51. The SMILES string of the molecule is C[C@@H](OC(=O)c1ccccc1S(=O)(=O)N1CCCCC1)C(=O)NC1CC1. The quantitative estimate of drug-likeness (QED) is 0.758. The molecule has 7 nitrogen and oxygen atoms in total. The second-order valence-corrected chi connectivity index (χ2v) is 8.70. The van der Waals surface area contributed by atoms with Crippen molar-refractivity contribution in [3.05, 3.63) is 29.8 Å². The molecule has 2 aliphatic rings. The number of sulfonamides is 1. The first-order chi connectivity index (χ1) is 12.4. The number of rotatable bonds is 6. The number of nitrogens with one attached hydrogen (secondary N) is 1. The number of ether oxygens (including phenoxy) is 1. The second-order valence-electron chi connectivity index (χ2n) is 6.79. The van der Waals surface area contributed by atoms with Gasteiger partial charge in [0.1, 0.15) is 0 Å². The van der Waals surface area contributed by atoms with Crippen LogP contribution in [0, 0.1) is 0 Å². The van der Waals surface area contributed by atoms with Crippen LogP contribution >= 0.6 is 0 Å². The fraction of sp³-hybridized carbons (Fsp3) is 0.556. The van der Waals surface area contributed by atoms with Gasteiger partial charge in [0.2, 0.25) is 10.0 Å². The lowest BCUT2D eigenvalue weighted by atomic mass is 10.2. The van der Waals surface area contributed by atoms with E-state index in [0.29, 0.717) is 13.1 Å². The van der Waals surface area contributed by atoms with E-state index in [1.54, 1.807) is 12.1 Å². The molecule has 0 bridgehead atoms. The van der Waals surface area contributed by atoms with Gasteiger partial charge in [-0.15, -0.1) is 0 Å². The summed E-state index contributed by atoms with van der Waals surface area (Å²) < 4.78 is 32.5. The van der Waals surface area contributed by atoms with E-state index in [2.05, 4.69) is 5.32 Å². The number of amides is 1. The largest absolute Gasteiger partial charge is 0.449 e. The lowest BCUT2D eigenvalue weighted by Gasteiger charge is -2.26. The number of hydrogen-bond acceptors (Lipinski definition) is 5. The average molecular weight is 380 g/mol. The highest BCUT2D eigenvalue weighted by molar-refractivity contribution is 7.89. The third-order valence-electron chi connectivity index (χ3n) is 4.62. The molecule has 1 aromatic carbocycles. The topological polar surface area (TPSA) is 92.8 Å². The minimum absolute atomic E-state index is 0.0378. The molecule has 0 unspecified atom stereocenters. The van der Waals surface area contributed by atoms with Gasteiger partial charge < -0.3 is 10.1 Å². The van der Waals surface area contributed by atoms with E-state index >= 15 is 0 Å². The van der Waals surface area contributed by atoms with Gasteiger partial charge in [-0.25, -0.2) is 13.2 Å². The van der Waals surface area contributed by atoms with Gasteiger partial charge in [-0.1, -0.05) is 18.6 Å². The highest BCUT2D eigenvalue weighted by Crippen LogP contribution is 2.24. The molecule has 8 heteroatoms. The van der Waals surface area contributed by atoms with Crippen molar-refractivity contribution >= 4 is 21.9 Å². The maximum atomic E-state index is 12.9. The van der Waals surface area contributed by atoms with Crippen molar-refractivity contribution in [1.29, 1.82) is 0 Å². The molecule has 2 fully saturated rings. The van der Waals surface area contributed by atoms with Crippen molar-refractivity contribution in [2.45, 2.75) is 56.1 Å². The Hall–Kier alpha value is -1.93. The summed E-state index contributed by atoms with van der Waals surface area (Å²) in [5, 5.41) is 2.76. The summed E-state index contributed by atoms with van der Waals surface area (Å²) in [4.78, 5) is 24.4. The van der Waals surface area contributed by atoms with Crippen LogP contribution in [-0.2, 0) is 19.6 Å². The van der Waals surface area contributed by atoms with Crippen LogP contribution in [0.1, 0.15) is 49.4 Å². The van der Waals surface area contributed by atoms with Crippen molar-refractivity contribution in [3.8, 4) is 0 Å². The average Bonchev–Trinajstić information content (AvgIpc) is 3.46. The summed E-state index contributed by atoms with van der Waals surface area (Å²) in [6, 6.07) is 6.16. The first-order valence-electron chi connectivity index (χ1n) is 9.00. The summed E-state index contributed by atoms with van der Waals surface area (Å²) >= 11 is 0. The number of carbonyl (C=O) groups excluding carboxylic acids is 2. The van der Waals surface area contributed by atoms with Gasteiger partial charge in [0.25, 0.3) is 5.91 Å². The van der Waals surface area contributed by atoms with Gasteiger partial charge >= 0.3 is 5.97 Å². The summed E-state index contributed by atoms with van der Waals surface area (Å²) in [6.45, 7) is 2.38. The van der Waals surface area contributed by atoms with E-state index < -0.39 is 22.1 Å². The molecule has 1 atom stereocenters. The van der Waals surface area contributed by atoms with E-state index in [1.165, 1.54) is 23.4 Å². The van der Waals surface area contributed by atoms with Gasteiger partial charge in [-0.3, -0.25) is 4.79 Å². The van der Waals surface area contributed by atoms with Crippen molar-refractivity contribution < 1.29 is 22.7 Å². The zero-order chi connectivity index (χ0) is 18.7. The number of piperidine rings is 1. The van der Waals surface area contributed by atoms with Crippen molar-refractivity contribution in [2.75, 3.05) is 13.1 Å². The van der Waals surface area contributed by atoms with Crippen LogP contribution in [0.2, 0.25) is 0 Å². The molecular formula is C18H24N2O5S. The van der Waals surface area contributed by atoms with Gasteiger partial charge in [0.05, 0.1) is 10.5 Å². The monoisotopic (exact) mass is 380 g/mol. The van der Waals surface area contributed by atoms with Crippen LogP contribution in [0.4, 0.5) is 0 Å². The Labute approximate surface area is 153 Å². The van der Waals surface area contributed by atoms with Crippen molar-refractivity contribution in [3.63, 3.8) is 0 Å². The smallest absolute Gasteiger partial charge is 0.340 e. The molecular weight excluding hydrogens is 356 g/mol. The number of nitrogens with zero attached hydrogens (tertiary/aromatic N) is 1. The molecule has 1 saturated heterocycles. The Morgan fingerprint density at radius 2 is 1.81 bits per heavy atom. The molecule has 142 valence electrons. The first kappa shape index (κ1) is 18.8. The predicted octanol–water partition coefficient (Wildman–Crippen LogP) is 1.69. The van der Waals surface area contributed by atoms with Gasteiger partial charge in [-0.05, 0) is 44.7 Å². The Bertz CT molecular complexity index is 783. The van der Waals surface area contributed by atoms with Crippen LogP contribution in [0.3, 0.4) is 0 Å². The van der Waals surface area contributed by atoms with Gasteiger partial charge in [0, 0.05) is 19.1 Å². The zero-order valence-electron chi connectivity index (χ0n) is 14.8. The van der Waals surface area contributed by atoms with E-state index in [0.717, 1.165) is 32.1 Å². The summed E-state index contributed by atoms with van der Waals surface area (Å²) in [5.41, 5.74) is -0.0378. The molecule has 1 N–H and O–H groups in total. The zero-order valence-corrected chi connectivity index (χ0v) is 15.6. The normalized spacial score (nSPS) is 19.6. The minimum Gasteiger partial charge on any atom is -0.449 e. The number of esters is 1. The molecule has 3 rings (SSSR count). The summed E-state index contributed by atoms with van der Waals surface area (Å²) in [7, 11) is -3.77. The van der Waals surface area contributed by atoms with Crippen LogP contribution in [0.15, 0.2) is 29.2 Å². The van der Waals surface area contributed by atoms with Crippen LogP contribution in [0.25, 0.3) is 0 Å². The van der Waals surface area contributed by atoms with Crippen LogP contribution in [-0.4, -0.2) is 49.8 Å². The lowest BCUT2D eigenvalue weighted by molar-refractivity contribution is -0.129. The first-order valence-corrected chi connectivity index (χ1v) is 10.4. The molecule has 26 heavy (non-hydrogen) atoms. The fourth-order valence-electron chi connectivity index (χ4n) is 2.93. The molecule has 1 aliphatic carbocycles. The standard InChI is InChI=1S/C18H24N2O5S/c1-13(17(21)19-14-9-10-14)25-18(22)15-7-3-4-8-16(15)26(23,24)20-11-5-2-6-12-20/h3-4,7-8,13-14H,2,5-6,9-12H2,1H3,(H,19,21)/t13-/m1/s1. The molecule has 1 amide bonds. The molecule has 0 aromatic heterocycles. The Balaban J connectivity index is 1.77. The molecule has 1 heterocycles. The maximum Gasteiger partial charge on any atom is 0.340 e. The van der Waals surface area contributed by atoms with E-state index in [-0.39, 0.29) is 22.4 Å². The van der Waals surface area contributed by atoms with E-state index in [4.69, 9.17) is 4.74 Å². The predicted molar refractivity (Wildman–Crippen MR) is 95.1 cm³/mol. The molecule has 1 saturated carbocycles. The van der Waals surface area contributed by atoms with Gasteiger partial charge in [-0.2, -0.15) is 4.31 Å². The number of carbonyl (C=O) groups is 2. The van der Waals surface area contributed by atoms with Crippen LogP contribution in [0.5, 0.6) is 0 Å². The third kappa shape index (κ3) is 4.24. The highest BCUT2D eigenvalue weighted by Gasteiger charge is 2.32. The Kier molecular flexibility index (Phi) is 5.62. The fourth-order valence-corrected chi connectivity index (χ4v) is 4.63. The van der Waals surface area contributed by atoms with E-state index in [1.807, 2.05) is 0 Å². The lowest BCUT2D eigenvalue weighted by Crippen LogP contribution is -2.38. The number of hydrogen-bond donors (Lipinski definition) is 1. The molecule has 1 aliphatic heterocycles. The van der Waals surface area contributed by atoms with Crippen molar-refractivity contribution in [2.24, 2.45) is 0 Å². The van der Waals surface area contributed by atoms with E-state index in [9.17, 15) is 18.0 Å². The minimum atomic E-state index is -3.77. The summed E-state index contributed by atoms with van der Waals surface area (Å²) in [5.74, 6) is -1.17. The molecule has 0 radical (unpaired) electrons. The van der Waals surface area contributed by atoms with Crippen LogP contribution < -0.4 is 5.32 Å². The van der Waals surface area contributed by atoms with Gasteiger partial charge in [0.15, 0.2) is 6.10 Å². The molecule has 0 spiro atoms. The Morgan fingerprint density at radius 3 is 2.46 bits per heavy atom. The highest BCUT2D eigenvalue weighted by atomic mass is 32.2. The number of benzene rings is 1. The Morgan fingerprint density at radius 1 is 1.15 bits per heavy atom. The molecule has 1 aromatic rings. The maximum absolute atomic E-state index is 12.9. The third-order valence-corrected chi connectivity index (χ3v) is 6.57. The van der Waals surface area contributed by atoms with Crippen molar-refractivity contribution in [1.82, 2.24) is 9.62 Å². The second kappa shape index (κ2) is 7.75.